The maximum atomic E-state index is 12.0. The van der Waals surface area contributed by atoms with Crippen molar-refractivity contribution < 1.29 is 14.6 Å². The summed E-state index contributed by atoms with van der Waals surface area (Å²) in [5.74, 6) is 0.457. The van der Waals surface area contributed by atoms with Crippen molar-refractivity contribution in [1.29, 1.82) is 0 Å². The topological polar surface area (TPSA) is 53.0 Å². The summed E-state index contributed by atoms with van der Waals surface area (Å²) in [6.07, 6.45) is 0.571. The maximum absolute atomic E-state index is 12.0. The monoisotopic (exact) mass is 242 g/mol. The minimum atomic E-state index is -0.204. The van der Waals surface area contributed by atoms with Gasteiger partial charge < -0.3 is 14.7 Å². The Labute approximate surface area is 102 Å². The SMILES string of the molecule is CC1CN(CC(=O)N2CCOCC2)CCC1O. The van der Waals surface area contributed by atoms with Crippen LogP contribution in [0.5, 0.6) is 0 Å². The lowest BCUT2D eigenvalue weighted by Crippen LogP contribution is -2.49. The zero-order chi connectivity index (χ0) is 12.3. The number of aliphatic hydroxyl groups is 1. The van der Waals surface area contributed by atoms with Crippen molar-refractivity contribution in [1.82, 2.24) is 9.80 Å². The molecular formula is C12H22N2O3. The van der Waals surface area contributed by atoms with Gasteiger partial charge in [-0.1, -0.05) is 6.92 Å². The molecule has 0 aromatic carbocycles. The van der Waals surface area contributed by atoms with Crippen LogP contribution in [0.1, 0.15) is 13.3 Å². The zero-order valence-electron chi connectivity index (χ0n) is 10.5. The van der Waals surface area contributed by atoms with E-state index in [1.165, 1.54) is 0 Å². The summed E-state index contributed by atoms with van der Waals surface area (Å²) < 4.78 is 5.23. The van der Waals surface area contributed by atoms with Crippen LogP contribution in [0.25, 0.3) is 0 Å². The molecule has 5 heteroatoms. The second-order valence-corrected chi connectivity index (χ2v) is 5.06. The standard InChI is InChI=1S/C12H22N2O3/c1-10-8-13(3-2-11(10)15)9-12(16)14-4-6-17-7-5-14/h10-11,15H,2-9H2,1H3. The number of morpholine rings is 1. The summed E-state index contributed by atoms with van der Waals surface area (Å²) in [7, 11) is 0. The second-order valence-electron chi connectivity index (χ2n) is 5.06. The molecule has 2 saturated heterocycles. The molecule has 98 valence electrons. The van der Waals surface area contributed by atoms with Gasteiger partial charge >= 0.3 is 0 Å². The molecule has 0 aliphatic carbocycles. The average molecular weight is 242 g/mol. The first-order chi connectivity index (χ1) is 8.16. The molecule has 0 aromatic rings. The molecule has 2 heterocycles. The van der Waals surface area contributed by atoms with Crippen LogP contribution in [0.3, 0.4) is 0 Å². The number of likely N-dealkylation sites (tertiary alicyclic amines) is 1. The first kappa shape index (κ1) is 12.8. The van der Waals surface area contributed by atoms with E-state index in [1.807, 2.05) is 11.8 Å². The summed E-state index contributed by atoms with van der Waals surface area (Å²) >= 11 is 0. The lowest BCUT2D eigenvalue weighted by atomic mass is 9.97. The highest BCUT2D eigenvalue weighted by Gasteiger charge is 2.27. The van der Waals surface area contributed by atoms with Crippen LogP contribution in [-0.2, 0) is 9.53 Å². The van der Waals surface area contributed by atoms with Gasteiger partial charge in [-0.05, 0) is 12.3 Å². The van der Waals surface area contributed by atoms with E-state index in [2.05, 4.69) is 4.90 Å². The fourth-order valence-electron chi connectivity index (χ4n) is 2.47. The highest BCUT2D eigenvalue weighted by molar-refractivity contribution is 5.78. The highest BCUT2D eigenvalue weighted by atomic mass is 16.5. The lowest BCUT2D eigenvalue weighted by molar-refractivity contribution is -0.137. The first-order valence-electron chi connectivity index (χ1n) is 6.43. The summed E-state index contributed by atoms with van der Waals surface area (Å²) in [6, 6.07) is 0. The van der Waals surface area contributed by atoms with Crippen molar-refractivity contribution >= 4 is 5.91 Å². The molecule has 2 atom stereocenters. The van der Waals surface area contributed by atoms with Crippen molar-refractivity contribution in [3.63, 3.8) is 0 Å². The number of carbonyl (C=O) groups is 1. The third-order valence-electron chi connectivity index (χ3n) is 3.67. The Morgan fingerprint density at radius 1 is 1.35 bits per heavy atom. The lowest BCUT2D eigenvalue weighted by Gasteiger charge is -2.35. The molecule has 0 radical (unpaired) electrons. The quantitative estimate of drug-likeness (QED) is 0.712. The van der Waals surface area contributed by atoms with Crippen LogP contribution >= 0.6 is 0 Å². The number of hydrogen-bond donors (Lipinski definition) is 1. The normalized spacial score (nSPS) is 31.5. The molecule has 2 unspecified atom stereocenters. The Hall–Kier alpha value is -0.650. The molecule has 1 amide bonds. The fraction of sp³-hybridized carbons (Fsp3) is 0.917. The first-order valence-corrected chi connectivity index (χ1v) is 6.43. The van der Waals surface area contributed by atoms with E-state index < -0.39 is 0 Å². The smallest absolute Gasteiger partial charge is 0.236 e. The van der Waals surface area contributed by atoms with Crippen LogP contribution in [-0.4, -0.2) is 72.9 Å². The van der Waals surface area contributed by atoms with Crippen LogP contribution in [0.4, 0.5) is 0 Å². The minimum Gasteiger partial charge on any atom is -0.393 e. The van der Waals surface area contributed by atoms with Crippen molar-refractivity contribution in [2.75, 3.05) is 45.9 Å². The number of piperidine rings is 1. The van der Waals surface area contributed by atoms with E-state index in [4.69, 9.17) is 4.74 Å². The Balaban J connectivity index is 1.78. The second kappa shape index (κ2) is 5.80. The molecule has 2 rings (SSSR count). The van der Waals surface area contributed by atoms with Gasteiger partial charge in [0.2, 0.25) is 5.91 Å². The van der Waals surface area contributed by atoms with Gasteiger partial charge in [-0.3, -0.25) is 9.69 Å². The molecule has 0 saturated carbocycles. The molecular weight excluding hydrogens is 220 g/mol. The van der Waals surface area contributed by atoms with Crippen LogP contribution in [0, 0.1) is 5.92 Å². The summed E-state index contributed by atoms with van der Waals surface area (Å²) in [5, 5.41) is 9.64. The predicted octanol–water partition coefficient (Wildman–Crippen LogP) is -0.452. The zero-order valence-corrected chi connectivity index (χ0v) is 10.5. The third-order valence-corrected chi connectivity index (χ3v) is 3.67. The van der Waals surface area contributed by atoms with Gasteiger partial charge in [0, 0.05) is 26.2 Å². The van der Waals surface area contributed by atoms with Gasteiger partial charge in [0.15, 0.2) is 0 Å². The van der Waals surface area contributed by atoms with Gasteiger partial charge in [0.05, 0.1) is 25.9 Å². The average Bonchev–Trinajstić information content (AvgIpc) is 2.35. The molecule has 0 spiro atoms. The Kier molecular flexibility index (Phi) is 4.36. The van der Waals surface area contributed by atoms with Crippen molar-refractivity contribution in [2.24, 2.45) is 5.92 Å². The minimum absolute atomic E-state index is 0.192. The van der Waals surface area contributed by atoms with E-state index >= 15 is 0 Å². The molecule has 5 nitrogen and oxygen atoms in total. The van der Waals surface area contributed by atoms with E-state index in [0.717, 1.165) is 19.5 Å². The third kappa shape index (κ3) is 3.40. The molecule has 2 aliphatic rings. The predicted molar refractivity (Wildman–Crippen MR) is 63.6 cm³/mol. The van der Waals surface area contributed by atoms with E-state index in [0.29, 0.717) is 32.8 Å². The highest BCUT2D eigenvalue weighted by Crippen LogP contribution is 2.16. The van der Waals surface area contributed by atoms with Gasteiger partial charge in [-0.25, -0.2) is 0 Å². The van der Waals surface area contributed by atoms with Gasteiger partial charge in [0.25, 0.3) is 0 Å². The van der Waals surface area contributed by atoms with Crippen LogP contribution in [0.2, 0.25) is 0 Å². The van der Waals surface area contributed by atoms with E-state index in [9.17, 15) is 9.90 Å². The van der Waals surface area contributed by atoms with Crippen molar-refractivity contribution in [3.8, 4) is 0 Å². The van der Waals surface area contributed by atoms with Gasteiger partial charge in [-0.2, -0.15) is 0 Å². The van der Waals surface area contributed by atoms with Gasteiger partial charge in [-0.15, -0.1) is 0 Å². The van der Waals surface area contributed by atoms with Crippen LogP contribution < -0.4 is 0 Å². The fourth-order valence-corrected chi connectivity index (χ4v) is 2.47. The summed E-state index contributed by atoms with van der Waals surface area (Å²) in [4.78, 5) is 16.0. The maximum Gasteiger partial charge on any atom is 0.236 e. The van der Waals surface area contributed by atoms with Crippen molar-refractivity contribution in [2.45, 2.75) is 19.4 Å². The number of amides is 1. The largest absolute Gasteiger partial charge is 0.393 e. The van der Waals surface area contributed by atoms with E-state index in [-0.39, 0.29) is 17.9 Å². The van der Waals surface area contributed by atoms with Crippen molar-refractivity contribution in [3.05, 3.63) is 0 Å². The molecule has 0 aromatic heterocycles. The molecule has 0 bridgehead atoms. The molecule has 1 N–H and O–H groups in total. The Morgan fingerprint density at radius 2 is 2.06 bits per heavy atom. The Morgan fingerprint density at radius 3 is 2.71 bits per heavy atom. The number of ether oxygens (including phenoxy) is 1. The number of aliphatic hydroxyl groups excluding tert-OH is 1. The Bertz CT molecular complexity index is 266. The molecule has 2 aliphatic heterocycles. The number of carbonyl (C=O) groups excluding carboxylic acids is 1. The number of hydrogen-bond acceptors (Lipinski definition) is 4. The number of nitrogens with zero attached hydrogens (tertiary/aromatic N) is 2. The molecule has 17 heavy (non-hydrogen) atoms. The number of rotatable bonds is 2. The summed E-state index contributed by atoms with van der Waals surface area (Å²) in [5.41, 5.74) is 0. The van der Waals surface area contributed by atoms with E-state index in [1.54, 1.807) is 0 Å². The molecule has 2 fully saturated rings. The van der Waals surface area contributed by atoms with Crippen LogP contribution in [0.15, 0.2) is 0 Å². The van der Waals surface area contributed by atoms with Gasteiger partial charge in [0.1, 0.15) is 0 Å². The summed E-state index contributed by atoms with van der Waals surface area (Å²) in [6.45, 7) is 6.89.